The first-order valence-electron chi connectivity index (χ1n) is 5.58. The van der Waals surface area contributed by atoms with Gasteiger partial charge in [0.25, 0.3) is 0 Å². The summed E-state index contributed by atoms with van der Waals surface area (Å²) in [4.78, 5) is 25.3. The van der Waals surface area contributed by atoms with Crippen molar-refractivity contribution in [1.82, 2.24) is 4.98 Å². The van der Waals surface area contributed by atoms with E-state index in [1.165, 1.54) is 6.92 Å². The van der Waals surface area contributed by atoms with E-state index in [4.69, 9.17) is 0 Å². The van der Waals surface area contributed by atoms with Gasteiger partial charge in [-0.25, -0.2) is 0 Å². The number of carbonyl (C=O) groups excluding carboxylic acids is 2. The van der Waals surface area contributed by atoms with Gasteiger partial charge >= 0.3 is 5.97 Å². The Kier molecular flexibility index (Phi) is 3.57. The summed E-state index contributed by atoms with van der Waals surface area (Å²) < 4.78 is 4.66. The zero-order valence-corrected chi connectivity index (χ0v) is 9.97. The normalized spacial score (nSPS) is 10.1. The molecule has 0 aliphatic carbocycles. The number of H-pyrrole nitrogens is 1. The minimum absolute atomic E-state index is 0.232. The molecule has 0 radical (unpaired) electrons. The second-order valence-electron chi connectivity index (χ2n) is 3.86. The predicted octanol–water partition coefficient (Wildman–Crippen LogP) is 2.43. The smallest absolute Gasteiger partial charge is 0.303 e. The highest BCUT2D eigenvalue weighted by atomic mass is 16.5. The first-order chi connectivity index (χ1) is 8.66. The van der Waals surface area contributed by atoms with Crippen molar-refractivity contribution in [2.75, 3.05) is 6.61 Å². The van der Waals surface area contributed by atoms with Gasteiger partial charge in [0.2, 0.25) is 5.78 Å². The molecular weight excluding hydrogens is 230 g/mol. The molecule has 0 bridgehead atoms. The molecule has 0 saturated carbocycles. The van der Waals surface area contributed by atoms with E-state index in [9.17, 15) is 9.59 Å². The number of ketones is 1. The number of carbonyl (C=O) groups is 2. The van der Waals surface area contributed by atoms with Crippen molar-refractivity contribution in [3.63, 3.8) is 0 Å². The van der Waals surface area contributed by atoms with E-state index in [1.54, 1.807) is 6.07 Å². The Morgan fingerprint density at radius 2 is 1.83 bits per heavy atom. The summed E-state index contributed by atoms with van der Waals surface area (Å²) in [6, 6.07) is 13.2. The van der Waals surface area contributed by atoms with Crippen LogP contribution in [0, 0.1) is 0 Å². The number of aromatic nitrogens is 1. The van der Waals surface area contributed by atoms with Crippen LogP contribution in [-0.2, 0) is 9.53 Å². The molecule has 1 heterocycles. The average Bonchev–Trinajstić information content (AvgIpc) is 2.86. The minimum atomic E-state index is -0.460. The molecule has 2 aromatic rings. The van der Waals surface area contributed by atoms with Gasteiger partial charge in [-0.3, -0.25) is 9.59 Å². The molecule has 18 heavy (non-hydrogen) atoms. The third-order valence-electron chi connectivity index (χ3n) is 2.48. The molecule has 0 aliphatic rings. The molecule has 4 nitrogen and oxygen atoms in total. The number of hydrogen-bond acceptors (Lipinski definition) is 3. The highest BCUT2D eigenvalue weighted by Crippen LogP contribution is 2.18. The second kappa shape index (κ2) is 5.31. The summed E-state index contributed by atoms with van der Waals surface area (Å²) in [6.45, 7) is 1.04. The standard InChI is InChI=1S/C14H13NO3/c1-10(16)18-9-14(17)13-8-7-12(15-13)11-5-3-2-4-6-11/h2-8,15H,9H2,1H3. The Labute approximate surface area is 105 Å². The lowest BCUT2D eigenvalue weighted by Crippen LogP contribution is -2.12. The molecule has 4 heteroatoms. The van der Waals surface area contributed by atoms with Gasteiger partial charge in [0.15, 0.2) is 6.61 Å². The van der Waals surface area contributed by atoms with Gasteiger partial charge in [0.05, 0.1) is 5.69 Å². The van der Waals surface area contributed by atoms with E-state index in [0.717, 1.165) is 11.3 Å². The molecule has 0 spiro atoms. The van der Waals surface area contributed by atoms with Crippen LogP contribution in [0.4, 0.5) is 0 Å². The number of Topliss-reactive ketones (excluding diaryl/α,β-unsaturated/α-hetero) is 1. The monoisotopic (exact) mass is 243 g/mol. The van der Waals surface area contributed by atoms with Gasteiger partial charge in [-0.2, -0.15) is 0 Å². The molecule has 0 saturated heterocycles. The second-order valence-corrected chi connectivity index (χ2v) is 3.86. The number of rotatable bonds is 4. The van der Waals surface area contributed by atoms with E-state index >= 15 is 0 Å². The van der Waals surface area contributed by atoms with Gasteiger partial charge < -0.3 is 9.72 Å². The lowest BCUT2D eigenvalue weighted by atomic mass is 10.2. The van der Waals surface area contributed by atoms with E-state index in [2.05, 4.69) is 9.72 Å². The van der Waals surface area contributed by atoms with Crippen molar-refractivity contribution in [2.24, 2.45) is 0 Å². The quantitative estimate of drug-likeness (QED) is 0.662. The Morgan fingerprint density at radius 1 is 1.11 bits per heavy atom. The van der Waals surface area contributed by atoms with Crippen LogP contribution in [0.3, 0.4) is 0 Å². The molecule has 0 atom stereocenters. The number of esters is 1. The van der Waals surface area contributed by atoms with Crippen molar-refractivity contribution in [3.8, 4) is 11.3 Å². The third-order valence-corrected chi connectivity index (χ3v) is 2.48. The average molecular weight is 243 g/mol. The first-order valence-corrected chi connectivity index (χ1v) is 5.58. The summed E-state index contributed by atoms with van der Waals surface area (Å²) in [6.07, 6.45) is 0. The van der Waals surface area contributed by atoms with Crippen LogP contribution < -0.4 is 0 Å². The summed E-state index contributed by atoms with van der Waals surface area (Å²) in [5, 5.41) is 0. The Balaban J connectivity index is 2.11. The van der Waals surface area contributed by atoms with Crippen LogP contribution in [0.15, 0.2) is 42.5 Å². The summed E-state index contributed by atoms with van der Waals surface area (Å²) in [5.41, 5.74) is 2.31. The van der Waals surface area contributed by atoms with Gasteiger partial charge in [-0.05, 0) is 17.7 Å². The van der Waals surface area contributed by atoms with Crippen molar-refractivity contribution < 1.29 is 14.3 Å². The minimum Gasteiger partial charge on any atom is -0.457 e. The van der Waals surface area contributed by atoms with E-state index in [1.807, 2.05) is 36.4 Å². The lowest BCUT2D eigenvalue weighted by Gasteiger charge is -2.00. The van der Waals surface area contributed by atoms with Gasteiger partial charge in [0, 0.05) is 12.6 Å². The van der Waals surface area contributed by atoms with E-state index < -0.39 is 5.97 Å². The fourth-order valence-corrected chi connectivity index (χ4v) is 1.59. The Bertz CT molecular complexity index is 557. The molecule has 1 aromatic carbocycles. The van der Waals surface area contributed by atoms with Crippen LogP contribution in [0.5, 0.6) is 0 Å². The molecule has 2 rings (SSSR count). The molecule has 0 amide bonds. The molecular formula is C14H13NO3. The fourth-order valence-electron chi connectivity index (χ4n) is 1.59. The molecule has 1 aromatic heterocycles. The van der Waals surface area contributed by atoms with Crippen LogP contribution in [0.25, 0.3) is 11.3 Å². The van der Waals surface area contributed by atoms with E-state index in [-0.39, 0.29) is 12.4 Å². The van der Waals surface area contributed by atoms with E-state index in [0.29, 0.717) is 5.69 Å². The lowest BCUT2D eigenvalue weighted by molar-refractivity contribution is -0.139. The maximum Gasteiger partial charge on any atom is 0.303 e. The Morgan fingerprint density at radius 3 is 2.50 bits per heavy atom. The Hall–Kier alpha value is -2.36. The fraction of sp³-hybridized carbons (Fsp3) is 0.143. The van der Waals surface area contributed by atoms with Gasteiger partial charge in [-0.1, -0.05) is 30.3 Å². The third kappa shape index (κ3) is 2.85. The van der Waals surface area contributed by atoms with Crippen LogP contribution in [0.1, 0.15) is 17.4 Å². The summed E-state index contributed by atoms with van der Waals surface area (Å²) in [5.74, 6) is -0.703. The highest BCUT2D eigenvalue weighted by Gasteiger charge is 2.10. The zero-order valence-electron chi connectivity index (χ0n) is 9.97. The highest BCUT2D eigenvalue weighted by molar-refractivity contribution is 5.97. The summed E-state index contributed by atoms with van der Waals surface area (Å²) >= 11 is 0. The topological polar surface area (TPSA) is 59.2 Å². The maximum atomic E-state index is 11.7. The molecule has 0 fully saturated rings. The SMILES string of the molecule is CC(=O)OCC(=O)c1ccc(-c2ccccc2)[nH]1. The largest absolute Gasteiger partial charge is 0.457 e. The first kappa shape index (κ1) is 12.1. The molecule has 0 aliphatic heterocycles. The number of ether oxygens (including phenoxy) is 1. The zero-order chi connectivity index (χ0) is 13.0. The van der Waals surface area contributed by atoms with Crippen molar-refractivity contribution in [3.05, 3.63) is 48.2 Å². The van der Waals surface area contributed by atoms with Crippen LogP contribution >= 0.6 is 0 Å². The summed E-state index contributed by atoms with van der Waals surface area (Å²) in [7, 11) is 0. The predicted molar refractivity (Wildman–Crippen MR) is 67.2 cm³/mol. The van der Waals surface area contributed by atoms with Crippen molar-refractivity contribution in [2.45, 2.75) is 6.92 Å². The van der Waals surface area contributed by atoms with Crippen LogP contribution in [-0.4, -0.2) is 23.3 Å². The molecule has 1 N–H and O–H groups in total. The van der Waals surface area contributed by atoms with Gasteiger partial charge in [0.1, 0.15) is 0 Å². The van der Waals surface area contributed by atoms with Crippen LogP contribution in [0.2, 0.25) is 0 Å². The number of hydrogen-bond donors (Lipinski definition) is 1. The van der Waals surface area contributed by atoms with Crippen molar-refractivity contribution >= 4 is 11.8 Å². The van der Waals surface area contributed by atoms with Gasteiger partial charge in [-0.15, -0.1) is 0 Å². The van der Waals surface area contributed by atoms with Crippen molar-refractivity contribution in [1.29, 1.82) is 0 Å². The molecule has 92 valence electrons. The number of nitrogens with one attached hydrogen (secondary N) is 1. The number of benzene rings is 1. The number of aromatic amines is 1. The molecule has 0 unspecified atom stereocenters. The maximum absolute atomic E-state index is 11.7.